The number of rotatable bonds is 4. The van der Waals surface area contributed by atoms with E-state index in [1.54, 1.807) is 0 Å². The second-order valence-electron chi connectivity index (χ2n) is 11.4. The summed E-state index contributed by atoms with van der Waals surface area (Å²) in [4.78, 5) is 2.32. The molecule has 0 saturated heterocycles. The monoisotopic (exact) mass is 561 g/mol. The first-order chi connectivity index (χ1) is 21.8. The molecule has 8 aromatic carbocycles. The number of nitrogens with zero attached hydrogens (tertiary/aromatic N) is 1. The third kappa shape index (κ3) is 3.89. The standard InChI is InChI=1S/C42H27NO/c1-2-12-31(13-3-1)43(33-23-25-41-39(27-33)36-16-8-9-17-40(36)44-41)32-21-18-29(19-22-32)38-26-30-11-5-7-15-35(30)42-34-14-6-4-10-28(34)20-24-37(38)42/h1-27H. The number of fused-ring (bicyclic) bond motifs is 8. The zero-order valence-corrected chi connectivity index (χ0v) is 23.9. The molecule has 0 N–H and O–H groups in total. The Hall–Kier alpha value is -5.86. The molecule has 0 aliphatic carbocycles. The number of benzene rings is 8. The lowest BCUT2D eigenvalue weighted by molar-refractivity contribution is 0.669. The number of anilines is 3. The summed E-state index contributed by atoms with van der Waals surface area (Å²) in [6, 6.07) is 58.6. The van der Waals surface area contributed by atoms with Crippen LogP contribution in [0.5, 0.6) is 0 Å². The highest BCUT2D eigenvalue weighted by Crippen LogP contribution is 2.42. The molecule has 0 atom stereocenters. The molecule has 9 rings (SSSR count). The fourth-order valence-corrected chi connectivity index (χ4v) is 6.78. The first kappa shape index (κ1) is 24.7. The third-order valence-electron chi connectivity index (χ3n) is 8.82. The van der Waals surface area contributed by atoms with Crippen molar-refractivity contribution in [1.82, 2.24) is 0 Å². The van der Waals surface area contributed by atoms with E-state index < -0.39 is 0 Å². The molecule has 0 fully saturated rings. The first-order valence-corrected chi connectivity index (χ1v) is 15.0. The molecule has 0 unspecified atom stereocenters. The molecule has 44 heavy (non-hydrogen) atoms. The van der Waals surface area contributed by atoms with E-state index >= 15 is 0 Å². The third-order valence-corrected chi connectivity index (χ3v) is 8.82. The fraction of sp³-hybridized carbons (Fsp3) is 0. The highest BCUT2D eigenvalue weighted by molar-refractivity contribution is 6.24. The van der Waals surface area contributed by atoms with E-state index in [-0.39, 0.29) is 0 Å². The zero-order chi connectivity index (χ0) is 29.0. The summed E-state index contributed by atoms with van der Waals surface area (Å²) in [5.74, 6) is 0. The lowest BCUT2D eigenvalue weighted by Crippen LogP contribution is -2.09. The predicted molar refractivity (Wildman–Crippen MR) is 186 cm³/mol. The Labute approximate surface area is 255 Å². The van der Waals surface area contributed by atoms with Gasteiger partial charge in [-0.1, -0.05) is 109 Å². The first-order valence-electron chi connectivity index (χ1n) is 15.0. The largest absolute Gasteiger partial charge is 0.456 e. The maximum atomic E-state index is 6.14. The summed E-state index contributed by atoms with van der Waals surface area (Å²) in [6.07, 6.45) is 0. The van der Waals surface area contributed by atoms with Crippen LogP contribution in [0.15, 0.2) is 168 Å². The SMILES string of the molecule is c1ccc(N(c2ccc(-c3cc4ccccc4c4c3ccc3ccccc34)cc2)c2ccc3oc4ccccc4c3c2)cc1. The van der Waals surface area contributed by atoms with Crippen molar-refractivity contribution >= 4 is 71.3 Å². The topological polar surface area (TPSA) is 16.4 Å². The van der Waals surface area contributed by atoms with Crippen LogP contribution in [0.3, 0.4) is 0 Å². The van der Waals surface area contributed by atoms with Gasteiger partial charge >= 0.3 is 0 Å². The summed E-state index contributed by atoms with van der Waals surface area (Å²) in [7, 11) is 0. The Morgan fingerprint density at radius 3 is 1.80 bits per heavy atom. The van der Waals surface area contributed by atoms with E-state index in [0.717, 1.165) is 39.0 Å². The summed E-state index contributed by atoms with van der Waals surface area (Å²) in [6.45, 7) is 0. The van der Waals surface area contributed by atoms with Crippen LogP contribution in [0.2, 0.25) is 0 Å². The summed E-state index contributed by atoms with van der Waals surface area (Å²) < 4.78 is 6.14. The average molecular weight is 562 g/mol. The van der Waals surface area contributed by atoms with Crippen LogP contribution in [0.25, 0.3) is 65.4 Å². The molecule has 0 saturated carbocycles. The Kier molecular flexibility index (Phi) is 5.54. The van der Waals surface area contributed by atoms with Gasteiger partial charge in [0.15, 0.2) is 0 Å². The van der Waals surface area contributed by atoms with Crippen molar-refractivity contribution < 1.29 is 4.42 Å². The van der Waals surface area contributed by atoms with Crippen molar-refractivity contribution in [3.63, 3.8) is 0 Å². The highest BCUT2D eigenvalue weighted by Gasteiger charge is 2.16. The van der Waals surface area contributed by atoms with Crippen molar-refractivity contribution in [2.24, 2.45) is 0 Å². The lowest BCUT2D eigenvalue weighted by atomic mass is 9.90. The number of hydrogen-bond acceptors (Lipinski definition) is 2. The van der Waals surface area contributed by atoms with Crippen molar-refractivity contribution in [1.29, 1.82) is 0 Å². The van der Waals surface area contributed by atoms with Crippen LogP contribution in [0, 0.1) is 0 Å². The second kappa shape index (κ2) is 9.86. The Morgan fingerprint density at radius 1 is 0.364 bits per heavy atom. The van der Waals surface area contributed by atoms with Gasteiger partial charge in [0.05, 0.1) is 0 Å². The van der Waals surface area contributed by atoms with E-state index in [2.05, 4.69) is 157 Å². The molecule has 9 aromatic rings. The quantitative estimate of drug-likeness (QED) is 0.199. The molecule has 0 bridgehead atoms. The number of furan rings is 1. The maximum absolute atomic E-state index is 6.14. The predicted octanol–water partition coefficient (Wildman–Crippen LogP) is 12.2. The van der Waals surface area contributed by atoms with E-state index in [1.165, 1.54) is 43.4 Å². The molecule has 0 spiro atoms. The molecule has 206 valence electrons. The fourth-order valence-electron chi connectivity index (χ4n) is 6.78. The molecule has 0 aliphatic rings. The van der Waals surface area contributed by atoms with Crippen LogP contribution in [0.4, 0.5) is 17.1 Å². The molecule has 0 radical (unpaired) electrons. The maximum Gasteiger partial charge on any atom is 0.135 e. The zero-order valence-electron chi connectivity index (χ0n) is 23.9. The van der Waals surface area contributed by atoms with Crippen LogP contribution >= 0.6 is 0 Å². The summed E-state index contributed by atoms with van der Waals surface area (Å²) >= 11 is 0. The van der Waals surface area contributed by atoms with Crippen molar-refractivity contribution in [3.8, 4) is 11.1 Å². The average Bonchev–Trinajstić information content (AvgIpc) is 3.47. The van der Waals surface area contributed by atoms with Gasteiger partial charge in [0.25, 0.3) is 0 Å². The minimum atomic E-state index is 0.897. The number of para-hydroxylation sites is 2. The van der Waals surface area contributed by atoms with Crippen molar-refractivity contribution in [2.45, 2.75) is 0 Å². The molecular weight excluding hydrogens is 534 g/mol. The van der Waals surface area contributed by atoms with E-state index in [0.29, 0.717) is 0 Å². The van der Waals surface area contributed by atoms with Gasteiger partial charge in [-0.25, -0.2) is 0 Å². The van der Waals surface area contributed by atoms with Crippen LogP contribution in [-0.2, 0) is 0 Å². The lowest BCUT2D eigenvalue weighted by Gasteiger charge is -2.26. The van der Waals surface area contributed by atoms with Gasteiger partial charge in [-0.3, -0.25) is 0 Å². The molecule has 2 heteroatoms. The molecule has 1 heterocycles. The highest BCUT2D eigenvalue weighted by atomic mass is 16.3. The summed E-state index contributed by atoms with van der Waals surface area (Å²) in [5, 5.41) is 9.92. The van der Waals surface area contributed by atoms with Gasteiger partial charge in [-0.2, -0.15) is 0 Å². The molecule has 2 nitrogen and oxygen atoms in total. The molecule has 1 aromatic heterocycles. The molecule has 0 aliphatic heterocycles. The van der Waals surface area contributed by atoms with Gasteiger partial charge in [-0.05, 0) is 98.0 Å². The van der Waals surface area contributed by atoms with Crippen LogP contribution in [-0.4, -0.2) is 0 Å². The van der Waals surface area contributed by atoms with Gasteiger partial charge in [0.2, 0.25) is 0 Å². The minimum Gasteiger partial charge on any atom is -0.456 e. The van der Waals surface area contributed by atoms with Gasteiger partial charge in [0.1, 0.15) is 11.2 Å². The smallest absolute Gasteiger partial charge is 0.135 e. The van der Waals surface area contributed by atoms with Gasteiger partial charge < -0.3 is 9.32 Å². The summed E-state index contributed by atoms with van der Waals surface area (Å²) in [5.41, 5.74) is 7.54. The van der Waals surface area contributed by atoms with E-state index in [4.69, 9.17) is 4.42 Å². The normalized spacial score (nSPS) is 11.6. The minimum absolute atomic E-state index is 0.897. The Morgan fingerprint density at radius 2 is 0.977 bits per heavy atom. The van der Waals surface area contributed by atoms with Crippen molar-refractivity contribution in [2.75, 3.05) is 4.90 Å². The van der Waals surface area contributed by atoms with Crippen LogP contribution in [0.1, 0.15) is 0 Å². The van der Waals surface area contributed by atoms with Gasteiger partial charge in [0, 0.05) is 27.8 Å². The van der Waals surface area contributed by atoms with Crippen molar-refractivity contribution in [3.05, 3.63) is 164 Å². The molecular formula is C42H27NO. The van der Waals surface area contributed by atoms with Gasteiger partial charge in [-0.15, -0.1) is 0 Å². The second-order valence-corrected chi connectivity index (χ2v) is 11.4. The van der Waals surface area contributed by atoms with Crippen LogP contribution < -0.4 is 4.90 Å². The Bertz CT molecular complexity index is 2470. The number of hydrogen-bond donors (Lipinski definition) is 0. The Balaban J connectivity index is 1.22. The van der Waals surface area contributed by atoms with E-state index in [9.17, 15) is 0 Å². The molecule has 0 amide bonds. The van der Waals surface area contributed by atoms with E-state index in [1.807, 2.05) is 12.1 Å².